The molecule has 0 saturated carbocycles. The Labute approximate surface area is 206 Å². The maximum absolute atomic E-state index is 11.8. The molecule has 8 heteroatoms. The van der Waals surface area contributed by atoms with Gasteiger partial charge in [0.2, 0.25) is 0 Å². The van der Waals surface area contributed by atoms with Crippen molar-refractivity contribution >= 4 is 22.9 Å². The van der Waals surface area contributed by atoms with E-state index in [1.54, 1.807) is 10.7 Å². The summed E-state index contributed by atoms with van der Waals surface area (Å²) < 4.78 is 7.09. The zero-order chi connectivity index (χ0) is 25.0. The first-order valence-corrected chi connectivity index (χ1v) is 12.3. The third-order valence-corrected chi connectivity index (χ3v) is 6.26. The Morgan fingerprint density at radius 1 is 1.17 bits per heavy atom. The molecule has 1 saturated heterocycles. The fraction of sp³-hybridized carbons (Fsp3) is 0.444. The van der Waals surface area contributed by atoms with E-state index in [0.717, 1.165) is 43.5 Å². The van der Waals surface area contributed by atoms with Gasteiger partial charge in [-0.1, -0.05) is 24.3 Å². The Hall–Kier alpha value is -3.39. The lowest BCUT2D eigenvalue weighted by Crippen LogP contribution is -2.37. The van der Waals surface area contributed by atoms with Gasteiger partial charge < -0.3 is 20.7 Å². The number of primary amides is 1. The van der Waals surface area contributed by atoms with Gasteiger partial charge in [0.1, 0.15) is 11.1 Å². The number of carbonyl (C=O) groups excluding carboxylic acids is 2. The molecule has 2 amide bonds. The third-order valence-electron chi connectivity index (χ3n) is 6.26. The summed E-state index contributed by atoms with van der Waals surface area (Å²) in [5.41, 5.74) is 8.34. The zero-order valence-corrected chi connectivity index (χ0v) is 20.8. The second kappa shape index (κ2) is 10.5. The molecular formula is C27H35N5O3. The minimum absolute atomic E-state index is 0.356. The molecule has 0 aliphatic carbocycles. The Morgan fingerprint density at radius 3 is 2.66 bits per heavy atom. The number of rotatable bonds is 7. The third kappa shape index (κ3) is 6.39. The topological polar surface area (TPSA) is 102 Å². The van der Waals surface area contributed by atoms with E-state index in [-0.39, 0.29) is 6.09 Å². The van der Waals surface area contributed by atoms with Crippen molar-refractivity contribution < 1.29 is 14.3 Å². The van der Waals surface area contributed by atoms with Crippen molar-refractivity contribution in [1.82, 2.24) is 20.0 Å². The zero-order valence-electron chi connectivity index (χ0n) is 20.8. The molecule has 186 valence electrons. The second-order valence-electron chi connectivity index (χ2n) is 10.2. The number of nitrogens with one attached hydrogen (secondary N) is 1. The molecule has 4 rings (SSSR count). The van der Waals surface area contributed by atoms with Crippen LogP contribution in [0, 0.1) is 0 Å². The van der Waals surface area contributed by atoms with E-state index >= 15 is 0 Å². The maximum atomic E-state index is 11.8. The van der Waals surface area contributed by atoms with Gasteiger partial charge in [-0.25, -0.2) is 9.48 Å². The fourth-order valence-corrected chi connectivity index (χ4v) is 4.61. The summed E-state index contributed by atoms with van der Waals surface area (Å²) in [4.78, 5) is 26.0. The van der Waals surface area contributed by atoms with Gasteiger partial charge >= 0.3 is 6.09 Å². The van der Waals surface area contributed by atoms with Gasteiger partial charge in [0, 0.05) is 24.7 Å². The first kappa shape index (κ1) is 24.7. The molecule has 1 aliphatic heterocycles. The predicted octanol–water partition coefficient (Wildman–Crippen LogP) is 4.22. The van der Waals surface area contributed by atoms with Crippen molar-refractivity contribution in [2.45, 2.75) is 51.6 Å². The molecule has 1 atom stereocenters. The number of alkyl carbamates (subject to hydrolysis) is 1. The van der Waals surface area contributed by atoms with Gasteiger partial charge in [-0.3, -0.25) is 4.79 Å². The van der Waals surface area contributed by atoms with Gasteiger partial charge in [0.25, 0.3) is 5.91 Å². The molecule has 3 aromatic rings. The van der Waals surface area contributed by atoms with Gasteiger partial charge in [-0.15, -0.1) is 0 Å². The number of aromatic nitrogens is 2. The molecule has 1 fully saturated rings. The van der Waals surface area contributed by atoms with Crippen LogP contribution < -0.4 is 11.1 Å². The molecule has 1 aliphatic rings. The lowest BCUT2D eigenvalue weighted by atomic mass is 9.90. The molecule has 0 unspecified atom stereocenters. The number of piperidine rings is 1. The highest BCUT2D eigenvalue weighted by Gasteiger charge is 2.21. The van der Waals surface area contributed by atoms with E-state index in [1.165, 1.54) is 12.0 Å². The van der Waals surface area contributed by atoms with Crippen molar-refractivity contribution in [3.8, 4) is 5.69 Å². The Morgan fingerprint density at radius 2 is 1.94 bits per heavy atom. The van der Waals surface area contributed by atoms with Gasteiger partial charge in [-0.05, 0) is 82.8 Å². The molecule has 1 aromatic heterocycles. The summed E-state index contributed by atoms with van der Waals surface area (Å²) in [5, 5.41) is 8.33. The van der Waals surface area contributed by atoms with E-state index in [2.05, 4.69) is 39.6 Å². The number of hydrogen-bond donors (Lipinski definition) is 2. The van der Waals surface area contributed by atoms with Crippen molar-refractivity contribution in [1.29, 1.82) is 0 Å². The first-order valence-electron chi connectivity index (χ1n) is 12.3. The SMILES string of the molecule is CC(C)(C)OC(=O)NCCCN1CCC[C@@H](c2ccc(-n3cc4cccc(C(N)=O)c4n3)cc2)C1. The van der Waals surface area contributed by atoms with Crippen molar-refractivity contribution in [2.75, 3.05) is 26.2 Å². The number of amides is 2. The summed E-state index contributed by atoms with van der Waals surface area (Å²) in [6, 6.07) is 14.0. The van der Waals surface area contributed by atoms with E-state index in [4.69, 9.17) is 10.5 Å². The minimum Gasteiger partial charge on any atom is -0.444 e. The first-order chi connectivity index (χ1) is 16.7. The van der Waals surface area contributed by atoms with Crippen LogP contribution in [-0.4, -0.2) is 58.5 Å². The van der Waals surface area contributed by atoms with Crippen LogP contribution in [0.5, 0.6) is 0 Å². The van der Waals surface area contributed by atoms with E-state index < -0.39 is 11.5 Å². The van der Waals surface area contributed by atoms with Crippen LogP contribution in [0.15, 0.2) is 48.7 Å². The van der Waals surface area contributed by atoms with E-state index in [1.807, 2.05) is 39.1 Å². The molecule has 2 aromatic carbocycles. The number of hydrogen-bond acceptors (Lipinski definition) is 5. The van der Waals surface area contributed by atoms with Gasteiger partial charge in [0.05, 0.1) is 11.3 Å². The number of likely N-dealkylation sites (tertiary alicyclic amines) is 1. The average molecular weight is 478 g/mol. The highest BCUT2D eigenvalue weighted by atomic mass is 16.6. The van der Waals surface area contributed by atoms with Crippen LogP contribution in [0.25, 0.3) is 16.6 Å². The molecule has 0 spiro atoms. The fourth-order valence-electron chi connectivity index (χ4n) is 4.61. The molecule has 2 heterocycles. The smallest absolute Gasteiger partial charge is 0.407 e. The quantitative estimate of drug-likeness (QED) is 0.496. The maximum Gasteiger partial charge on any atom is 0.407 e. The summed E-state index contributed by atoms with van der Waals surface area (Å²) in [6.45, 7) is 9.26. The molecule has 0 radical (unpaired) electrons. The monoisotopic (exact) mass is 477 g/mol. The molecule has 0 bridgehead atoms. The number of benzene rings is 2. The largest absolute Gasteiger partial charge is 0.444 e. The van der Waals surface area contributed by atoms with Crippen LogP contribution in [0.3, 0.4) is 0 Å². The molecule has 3 N–H and O–H groups in total. The Bertz CT molecular complexity index is 1180. The lowest BCUT2D eigenvalue weighted by molar-refractivity contribution is 0.0525. The summed E-state index contributed by atoms with van der Waals surface area (Å²) in [7, 11) is 0. The van der Waals surface area contributed by atoms with Crippen LogP contribution in [-0.2, 0) is 4.74 Å². The van der Waals surface area contributed by atoms with Crippen LogP contribution in [0.4, 0.5) is 4.79 Å². The number of nitrogens with zero attached hydrogens (tertiary/aromatic N) is 3. The number of fused-ring (bicyclic) bond motifs is 1. The highest BCUT2D eigenvalue weighted by molar-refractivity contribution is 6.04. The summed E-state index contributed by atoms with van der Waals surface area (Å²) in [5.74, 6) is 0.00782. The average Bonchev–Trinajstić information content (AvgIpc) is 3.25. The van der Waals surface area contributed by atoms with Crippen molar-refractivity contribution in [3.05, 3.63) is 59.8 Å². The second-order valence-corrected chi connectivity index (χ2v) is 10.2. The van der Waals surface area contributed by atoms with E-state index in [9.17, 15) is 9.59 Å². The highest BCUT2D eigenvalue weighted by Crippen LogP contribution is 2.28. The van der Waals surface area contributed by atoms with Crippen molar-refractivity contribution in [2.24, 2.45) is 5.73 Å². The lowest BCUT2D eigenvalue weighted by Gasteiger charge is -2.33. The summed E-state index contributed by atoms with van der Waals surface area (Å²) >= 11 is 0. The van der Waals surface area contributed by atoms with Crippen LogP contribution in [0.2, 0.25) is 0 Å². The minimum atomic E-state index is -0.475. The number of ether oxygens (including phenoxy) is 1. The number of carbonyl (C=O) groups is 2. The Kier molecular flexibility index (Phi) is 7.40. The standard InChI is InChI=1S/C27H35N5O3/c1-27(2,3)35-26(34)29-14-6-16-31-15-5-8-20(17-31)19-10-12-22(13-11-19)32-18-21-7-4-9-23(25(28)33)24(21)30-32/h4,7,9-13,18,20H,5-6,8,14-17H2,1-3H3,(H2,28,33)(H,29,34)/t20-/m1/s1. The predicted molar refractivity (Wildman–Crippen MR) is 137 cm³/mol. The summed E-state index contributed by atoms with van der Waals surface area (Å²) in [6.07, 6.45) is 4.78. The number of nitrogens with two attached hydrogens (primary N) is 1. The molecule has 8 nitrogen and oxygen atoms in total. The Balaban J connectivity index is 1.33. The molecule has 35 heavy (non-hydrogen) atoms. The van der Waals surface area contributed by atoms with Gasteiger partial charge in [0.15, 0.2) is 0 Å². The van der Waals surface area contributed by atoms with E-state index in [0.29, 0.717) is 23.5 Å². The van der Waals surface area contributed by atoms with Crippen LogP contribution >= 0.6 is 0 Å². The van der Waals surface area contributed by atoms with Gasteiger partial charge in [-0.2, -0.15) is 5.10 Å². The normalized spacial score (nSPS) is 16.8. The van der Waals surface area contributed by atoms with Crippen molar-refractivity contribution in [3.63, 3.8) is 0 Å². The molecular weight excluding hydrogens is 442 g/mol. The van der Waals surface area contributed by atoms with Crippen LogP contribution in [0.1, 0.15) is 61.9 Å².